The summed E-state index contributed by atoms with van der Waals surface area (Å²) in [5.41, 5.74) is 0.703. The van der Waals surface area contributed by atoms with Gasteiger partial charge in [-0.1, -0.05) is 19.3 Å². The summed E-state index contributed by atoms with van der Waals surface area (Å²) in [7, 11) is 0. The number of amides is 1. The van der Waals surface area contributed by atoms with Crippen LogP contribution in [0.25, 0.3) is 0 Å². The lowest BCUT2D eigenvalue weighted by Crippen LogP contribution is -2.44. The summed E-state index contributed by atoms with van der Waals surface area (Å²) in [6, 6.07) is 5.93. The molecule has 2 aliphatic heterocycles. The lowest BCUT2D eigenvalue weighted by atomic mass is 9.92. The van der Waals surface area contributed by atoms with Crippen LogP contribution in [0.4, 0.5) is 0 Å². The second-order valence-electron chi connectivity index (χ2n) is 7.34. The predicted molar refractivity (Wildman–Crippen MR) is 94.3 cm³/mol. The Kier molecular flexibility index (Phi) is 5.11. The summed E-state index contributed by atoms with van der Waals surface area (Å²) in [4.78, 5) is 15.4. The third kappa shape index (κ3) is 3.76. The Labute approximate surface area is 149 Å². The smallest absolute Gasteiger partial charge is 0.254 e. The minimum Gasteiger partial charge on any atom is -0.486 e. The lowest BCUT2D eigenvalue weighted by molar-refractivity contribution is 0.0581. The van der Waals surface area contributed by atoms with Crippen LogP contribution in [0.5, 0.6) is 11.5 Å². The Morgan fingerprint density at radius 2 is 1.80 bits per heavy atom. The number of nitrogens with zero attached hydrogens (tertiary/aromatic N) is 1. The van der Waals surface area contributed by atoms with Gasteiger partial charge < -0.3 is 19.1 Å². The van der Waals surface area contributed by atoms with Crippen LogP contribution in [0.3, 0.4) is 0 Å². The first kappa shape index (κ1) is 16.7. The molecule has 1 aliphatic carbocycles. The molecule has 1 aromatic rings. The van der Waals surface area contributed by atoms with Gasteiger partial charge in [-0.25, -0.2) is 0 Å². The summed E-state index contributed by atoms with van der Waals surface area (Å²) < 4.78 is 16.8. The average molecular weight is 345 g/mol. The molecule has 1 saturated heterocycles. The molecular formula is C20H27NO4. The van der Waals surface area contributed by atoms with E-state index < -0.39 is 0 Å². The molecule has 136 valence electrons. The summed E-state index contributed by atoms with van der Waals surface area (Å²) in [5, 5.41) is 0. The number of ether oxygens (including phenoxy) is 3. The number of carbonyl (C=O) groups is 1. The van der Waals surface area contributed by atoms with E-state index in [0.717, 1.165) is 44.8 Å². The standard InChI is InChI=1S/C20H27NO4/c22-20(16-6-7-18-19(12-16)25-11-10-24-18)21(13-15-8-9-23-14-15)17-4-2-1-3-5-17/h6-7,12,15,17H,1-5,8-11,13-14H2/t15-/m0/s1. The Morgan fingerprint density at radius 3 is 2.56 bits per heavy atom. The highest BCUT2D eigenvalue weighted by atomic mass is 16.6. The second-order valence-corrected chi connectivity index (χ2v) is 7.34. The van der Waals surface area contributed by atoms with Crippen molar-refractivity contribution in [3.8, 4) is 11.5 Å². The van der Waals surface area contributed by atoms with E-state index in [0.29, 0.717) is 36.5 Å². The fourth-order valence-electron chi connectivity index (χ4n) is 4.14. The molecule has 1 amide bonds. The van der Waals surface area contributed by atoms with Crippen molar-refractivity contribution in [3.05, 3.63) is 23.8 Å². The first-order chi connectivity index (χ1) is 12.3. The summed E-state index contributed by atoms with van der Waals surface area (Å²) >= 11 is 0. The molecule has 3 aliphatic rings. The van der Waals surface area contributed by atoms with Crippen molar-refractivity contribution in [2.24, 2.45) is 5.92 Å². The van der Waals surface area contributed by atoms with Crippen molar-refractivity contribution < 1.29 is 19.0 Å². The average Bonchev–Trinajstić information content (AvgIpc) is 3.19. The van der Waals surface area contributed by atoms with Crippen LogP contribution < -0.4 is 9.47 Å². The molecule has 1 saturated carbocycles. The van der Waals surface area contributed by atoms with Crippen molar-refractivity contribution in [2.75, 3.05) is 33.0 Å². The van der Waals surface area contributed by atoms with Gasteiger partial charge in [-0.05, 0) is 37.5 Å². The minimum absolute atomic E-state index is 0.121. The Hall–Kier alpha value is -1.75. The molecule has 25 heavy (non-hydrogen) atoms. The van der Waals surface area contributed by atoms with Gasteiger partial charge in [0.2, 0.25) is 0 Å². The molecule has 0 bridgehead atoms. The summed E-state index contributed by atoms with van der Waals surface area (Å²) in [5.74, 6) is 2.00. The molecule has 5 nitrogen and oxygen atoms in total. The number of benzene rings is 1. The molecule has 0 spiro atoms. The van der Waals surface area contributed by atoms with E-state index in [2.05, 4.69) is 4.90 Å². The molecular weight excluding hydrogens is 318 g/mol. The first-order valence-corrected chi connectivity index (χ1v) is 9.59. The minimum atomic E-state index is 0.121. The molecule has 4 rings (SSSR count). The van der Waals surface area contributed by atoms with E-state index in [-0.39, 0.29) is 5.91 Å². The normalized spacial score (nSPS) is 23.4. The highest BCUT2D eigenvalue weighted by Gasteiger charge is 2.30. The molecule has 2 fully saturated rings. The molecule has 1 aromatic carbocycles. The van der Waals surface area contributed by atoms with E-state index in [1.165, 1.54) is 19.3 Å². The number of rotatable bonds is 4. The zero-order valence-electron chi connectivity index (χ0n) is 14.7. The fourth-order valence-corrected chi connectivity index (χ4v) is 4.14. The van der Waals surface area contributed by atoms with E-state index in [1.807, 2.05) is 18.2 Å². The molecule has 0 unspecified atom stereocenters. The monoisotopic (exact) mass is 345 g/mol. The maximum absolute atomic E-state index is 13.3. The van der Waals surface area contributed by atoms with Crippen molar-refractivity contribution in [3.63, 3.8) is 0 Å². The van der Waals surface area contributed by atoms with Gasteiger partial charge in [0, 0.05) is 30.7 Å². The third-order valence-electron chi connectivity index (χ3n) is 5.54. The summed E-state index contributed by atoms with van der Waals surface area (Å²) in [6.07, 6.45) is 7.01. The molecule has 0 aromatic heterocycles. The van der Waals surface area contributed by atoms with Crippen LogP contribution in [-0.4, -0.2) is 49.8 Å². The van der Waals surface area contributed by atoms with Crippen molar-refractivity contribution in [1.29, 1.82) is 0 Å². The highest BCUT2D eigenvalue weighted by molar-refractivity contribution is 5.95. The first-order valence-electron chi connectivity index (χ1n) is 9.59. The quantitative estimate of drug-likeness (QED) is 0.840. The van der Waals surface area contributed by atoms with Gasteiger partial charge in [-0.15, -0.1) is 0 Å². The Balaban J connectivity index is 1.55. The van der Waals surface area contributed by atoms with E-state index >= 15 is 0 Å². The highest BCUT2D eigenvalue weighted by Crippen LogP contribution is 2.32. The number of hydrogen-bond donors (Lipinski definition) is 0. The number of carbonyl (C=O) groups excluding carboxylic acids is 1. The maximum atomic E-state index is 13.3. The molecule has 2 heterocycles. The van der Waals surface area contributed by atoms with Gasteiger partial charge in [0.25, 0.3) is 5.91 Å². The third-order valence-corrected chi connectivity index (χ3v) is 5.54. The van der Waals surface area contributed by atoms with Crippen molar-refractivity contribution >= 4 is 5.91 Å². The zero-order chi connectivity index (χ0) is 17.1. The lowest BCUT2D eigenvalue weighted by Gasteiger charge is -2.36. The maximum Gasteiger partial charge on any atom is 0.254 e. The summed E-state index contributed by atoms with van der Waals surface area (Å²) in [6.45, 7) is 3.50. The van der Waals surface area contributed by atoms with E-state index in [9.17, 15) is 4.79 Å². The SMILES string of the molecule is O=C(c1ccc2c(c1)OCCO2)N(C[C@@H]1CCOC1)C1CCCCC1. The van der Waals surface area contributed by atoms with Gasteiger partial charge in [0.1, 0.15) is 13.2 Å². The van der Waals surface area contributed by atoms with Gasteiger partial charge in [-0.3, -0.25) is 4.79 Å². The van der Waals surface area contributed by atoms with Crippen molar-refractivity contribution in [2.45, 2.75) is 44.6 Å². The van der Waals surface area contributed by atoms with Crippen molar-refractivity contribution in [1.82, 2.24) is 4.90 Å². The molecule has 0 radical (unpaired) electrons. The van der Waals surface area contributed by atoms with Crippen LogP contribution in [0.2, 0.25) is 0 Å². The number of hydrogen-bond acceptors (Lipinski definition) is 4. The van der Waals surface area contributed by atoms with Gasteiger partial charge in [-0.2, -0.15) is 0 Å². The fraction of sp³-hybridized carbons (Fsp3) is 0.650. The van der Waals surface area contributed by atoms with Crippen LogP contribution in [-0.2, 0) is 4.74 Å². The predicted octanol–water partition coefficient (Wildman–Crippen LogP) is 3.27. The van der Waals surface area contributed by atoms with Crippen LogP contribution in [0.1, 0.15) is 48.9 Å². The topological polar surface area (TPSA) is 48.0 Å². The largest absolute Gasteiger partial charge is 0.486 e. The van der Waals surface area contributed by atoms with Crippen LogP contribution >= 0.6 is 0 Å². The van der Waals surface area contributed by atoms with Gasteiger partial charge in [0.15, 0.2) is 11.5 Å². The molecule has 5 heteroatoms. The van der Waals surface area contributed by atoms with E-state index in [4.69, 9.17) is 14.2 Å². The second kappa shape index (κ2) is 7.65. The number of fused-ring (bicyclic) bond motifs is 1. The Bertz CT molecular complexity index is 606. The molecule has 1 atom stereocenters. The Morgan fingerprint density at radius 1 is 1.00 bits per heavy atom. The van der Waals surface area contributed by atoms with Crippen LogP contribution in [0.15, 0.2) is 18.2 Å². The zero-order valence-corrected chi connectivity index (χ0v) is 14.7. The van der Waals surface area contributed by atoms with E-state index in [1.54, 1.807) is 0 Å². The molecule has 0 N–H and O–H groups in total. The van der Waals surface area contributed by atoms with Gasteiger partial charge >= 0.3 is 0 Å². The van der Waals surface area contributed by atoms with Gasteiger partial charge in [0.05, 0.1) is 6.61 Å². The van der Waals surface area contributed by atoms with Crippen LogP contribution in [0, 0.1) is 5.92 Å².